The van der Waals surface area contributed by atoms with Crippen LogP contribution in [0.1, 0.15) is 181 Å². The molecule has 1 unspecified atom stereocenters. The van der Waals surface area contributed by atoms with E-state index >= 15 is 0 Å². The number of esters is 2. The summed E-state index contributed by atoms with van der Waals surface area (Å²) in [4.78, 5) is 23.9. The van der Waals surface area contributed by atoms with Crippen molar-refractivity contribution in [2.75, 3.05) is 13.2 Å². The Hall–Kier alpha value is -1.92. The molecule has 0 bridgehead atoms. The molecular weight excluding hydrogens is 588 g/mol. The van der Waals surface area contributed by atoms with Crippen molar-refractivity contribution in [3.05, 3.63) is 36.5 Å². The molecule has 0 saturated heterocycles. The molecule has 0 aliphatic carbocycles. The zero-order valence-electron chi connectivity index (χ0n) is 30.8. The average molecular weight is 663 g/mol. The van der Waals surface area contributed by atoms with E-state index in [0.29, 0.717) is 19.3 Å². The predicted molar refractivity (Wildman–Crippen MR) is 197 cm³/mol. The number of ether oxygens (including phenoxy) is 2. The maximum Gasteiger partial charge on any atom is 0.305 e. The minimum atomic E-state index is -1.03. The van der Waals surface area contributed by atoms with Crippen LogP contribution in [0.5, 0.6) is 0 Å². The molecule has 6 heteroatoms. The fraction of sp³-hybridized carbons (Fsp3) is 0.805. The number of carbonyl (C=O) groups is 2. The van der Waals surface area contributed by atoms with Crippen molar-refractivity contribution in [3.8, 4) is 0 Å². The second-order valence-corrected chi connectivity index (χ2v) is 13.7. The van der Waals surface area contributed by atoms with Crippen molar-refractivity contribution in [3.63, 3.8) is 0 Å². The van der Waals surface area contributed by atoms with E-state index in [0.717, 1.165) is 38.0 Å². The van der Waals surface area contributed by atoms with Crippen LogP contribution in [0.4, 0.5) is 0 Å². The quantitative estimate of drug-likeness (QED) is 0.0308. The van der Waals surface area contributed by atoms with Gasteiger partial charge < -0.3 is 19.7 Å². The van der Waals surface area contributed by atoms with Crippen LogP contribution >= 0.6 is 0 Å². The van der Waals surface area contributed by atoms with Crippen molar-refractivity contribution < 1.29 is 29.3 Å². The number of hydrogen-bond acceptors (Lipinski definition) is 6. The van der Waals surface area contributed by atoms with Crippen LogP contribution in [-0.4, -0.2) is 47.6 Å². The highest BCUT2D eigenvalue weighted by atomic mass is 16.6. The van der Waals surface area contributed by atoms with E-state index in [2.05, 4.69) is 39.0 Å². The molecule has 0 aromatic rings. The molecule has 0 aromatic heterocycles. The Bertz CT molecular complexity index is 787. The number of hydrogen-bond donors (Lipinski definition) is 2. The topological polar surface area (TPSA) is 93.1 Å². The summed E-state index contributed by atoms with van der Waals surface area (Å²) < 4.78 is 10.2. The predicted octanol–water partition coefficient (Wildman–Crippen LogP) is 10.9. The number of aliphatic hydroxyl groups is 2. The number of allylic oxidation sites excluding steroid dienone is 5. The van der Waals surface area contributed by atoms with E-state index in [4.69, 9.17) is 9.47 Å². The molecule has 6 nitrogen and oxygen atoms in total. The summed E-state index contributed by atoms with van der Waals surface area (Å²) in [7, 11) is 0. The lowest BCUT2D eigenvalue weighted by Gasteiger charge is -2.12. The van der Waals surface area contributed by atoms with Crippen molar-refractivity contribution >= 4 is 11.9 Å². The Morgan fingerprint density at radius 2 is 1.09 bits per heavy atom. The Morgan fingerprint density at radius 3 is 1.66 bits per heavy atom. The molecular formula is C41H74O6. The summed E-state index contributed by atoms with van der Waals surface area (Å²) in [5, 5.41) is 20.1. The summed E-state index contributed by atoms with van der Waals surface area (Å²) >= 11 is 0. The number of rotatable bonds is 34. The van der Waals surface area contributed by atoms with Crippen LogP contribution in [0.3, 0.4) is 0 Å². The molecule has 274 valence electrons. The normalized spacial score (nSPS) is 13.3. The fourth-order valence-electron chi connectivity index (χ4n) is 5.40. The molecule has 0 aliphatic rings. The standard InChI is InChI=1S/C41H74O6/c1-4-5-6-7-8-9-10-11-15-18-21-24-27-31-38(42)32-29-34-41(45)47-36-39(43)35-46-40(44)33-28-25-22-19-16-13-12-14-17-20-23-26-30-37(2)3/h11,15,21,24,27,31,37-39,42-43H,4-10,12-14,16-20,22-23,25-26,28-30,32-36H2,1-3H3/b15-11+,24-21+,31-27+/t38?,39-/m0/s1. The molecule has 0 aliphatic heterocycles. The van der Waals surface area contributed by atoms with Crippen LogP contribution in [0.25, 0.3) is 0 Å². The molecule has 47 heavy (non-hydrogen) atoms. The van der Waals surface area contributed by atoms with Gasteiger partial charge in [0.2, 0.25) is 0 Å². The van der Waals surface area contributed by atoms with Gasteiger partial charge in [-0.25, -0.2) is 0 Å². The van der Waals surface area contributed by atoms with Gasteiger partial charge in [-0.2, -0.15) is 0 Å². The van der Waals surface area contributed by atoms with Crippen molar-refractivity contribution in [1.29, 1.82) is 0 Å². The minimum Gasteiger partial charge on any atom is -0.463 e. The molecule has 0 fully saturated rings. The first kappa shape index (κ1) is 45.1. The van der Waals surface area contributed by atoms with Gasteiger partial charge in [0.15, 0.2) is 0 Å². The van der Waals surface area contributed by atoms with Crippen LogP contribution in [0, 0.1) is 5.92 Å². The van der Waals surface area contributed by atoms with Gasteiger partial charge in [-0.05, 0) is 44.4 Å². The van der Waals surface area contributed by atoms with Gasteiger partial charge in [0, 0.05) is 12.8 Å². The third kappa shape index (κ3) is 36.8. The molecule has 0 spiro atoms. The molecule has 0 radical (unpaired) electrons. The Balaban J connectivity index is 3.61. The molecule has 0 heterocycles. The third-order valence-corrected chi connectivity index (χ3v) is 8.41. The largest absolute Gasteiger partial charge is 0.463 e. The van der Waals surface area contributed by atoms with Gasteiger partial charge in [0.25, 0.3) is 0 Å². The van der Waals surface area contributed by atoms with Gasteiger partial charge in [-0.3, -0.25) is 9.59 Å². The number of unbranched alkanes of at least 4 members (excludes halogenated alkanes) is 17. The average Bonchev–Trinajstić information content (AvgIpc) is 3.04. The number of aliphatic hydroxyl groups excluding tert-OH is 2. The van der Waals surface area contributed by atoms with E-state index in [-0.39, 0.29) is 25.6 Å². The van der Waals surface area contributed by atoms with E-state index in [9.17, 15) is 19.8 Å². The lowest BCUT2D eigenvalue weighted by atomic mass is 10.0. The fourth-order valence-corrected chi connectivity index (χ4v) is 5.40. The maximum absolute atomic E-state index is 12.0. The molecule has 0 aromatic carbocycles. The van der Waals surface area contributed by atoms with Gasteiger partial charge in [0.1, 0.15) is 19.3 Å². The lowest BCUT2D eigenvalue weighted by molar-refractivity contribution is -0.152. The van der Waals surface area contributed by atoms with Crippen LogP contribution < -0.4 is 0 Å². The molecule has 2 N–H and O–H groups in total. The van der Waals surface area contributed by atoms with Crippen molar-refractivity contribution in [2.45, 2.75) is 193 Å². The third-order valence-electron chi connectivity index (χ3n) is 8.41. The highest BCUT2D eigenvalue weighted by molar-refractivity contribution is 5.69. The lowest BCUT2D eigenvalue weighted by Crippen LogP contribution is -2.25. The molecule has 2 atom stereocenters. The highest BCUT2D eigenvalue weighted by Gasteiger charge is 2.12. The van der Waals surface area contributed by atoms with E-state index in [1.807, 2.05) is 12.2 Å². The number of carbonyl (C=O) groups excluding carboxylic acids is 2. The van der Waals surface area contributed by atoms with Gasteiger partial charge >= 0.3 is 11.9 Å². The zero-order valence-corrected chi connectivity index (χ0v) is 30.8. The van der Waals surface area contributed by atoms with Gasteiger partial charge in [-0.15, -0.1) is 0 Å². The molecule has 0 saturated carbocycles. The SMILES string of the molecule is CCCCCCCC/C=C/C/C=C/C=C/C(O)CCCC(=O)OC[C@@H](O)COC(=O)CCCCCCCCCCCCCCC(C)C. The highest BCUT2D eigenvalue weighted by Crippen LogP contribution is 2.15. The summed E-state index contributed by atoms with van der Waals surface area (Å²) in [6.07, 6.45) is 38.1. The summed E-state index contributed by atoms with van der Waals surface area (Å²) in [6, 6.07) is 0. The van der Waals surface area contributed by atoms with Crippen molar-refractivity contribution in [1.82, 2.24) is 0 Å². The first-order valence-corrected chi connectivity index (χ1v) is 19.5. The first-order valence-electron chi connectivity index (χ1n) is 19.5. The van der Waals surface area contributed by atoms with Crippen LogP contribution in [0.15, 0.2) is 36.5 Å². The second kappa shape index (κ2) is 35.4. The summed E-state index contributed by atoms with van der Waals surface area (Å²) in [5.74, 6) is 0.0798. The van der Waals surface area contributed by atoms with Gasteiger partial charge in [-0.1, -0.05) is 166 Å². The van der Waals surface area contributed by atoms with E-state index in [1.54, 1.807) is 6.08 Å². The Labute approximate surface area is 289 Å². The second-order valence-electron chi connectivity index (χ2n) is 13.7. The summed E-state index contributed by atoms with van der Waals surface area (Å²) in [6.45, 7) is 6.47. The van der Waals surface area contributed by atoms with E-state index in [1.165, 1.54) is 103 Å². The Morgan fingerprint density at radius 1 is 0.574 bits per heavy atom. The Kier molecular flexibility index (Phi) is 33.9. The van der Waals surface area contributed by atoms with E-state index < -0.39 is 18.2 Å². The van der Waals surface area contributed by atoms with Crippen molar-refractivity contribution in [2.24, 2.45) is 5.92 Å². The summed E-state index contributed by atoms with van der Waals surface area (Å²) in [5.41, 5.74) is 0. The van der Waals surface area contributed by atoms with Crippen LogP contribution in [0.2, 0.25) is 0 Å². The zero-order chi connectivity index (χ0) is 34.6. The maximum atomic E-state index is 12.0. The molecule has 0 rings (SSSR count). The smallest absolute Gasteiger partial charge is 0.305 e. The first-order chi connectivity index (χ1) is 22.8. The van der Waals surface area contributed by atoms with Gasteiger partial charge in [0.05, 0.1) is 6.10 Å². The molecule has 0 amide bonds. The monoisotopic (exact) mass is 663 g/mol. The minimum absolute atomic E-state index is 0.162. The van der Waals surface area contributed by atoms with Crippen LogP contribution in [-0.2, 0) is 19.1 Å².